The molecule has 1 aliphatic heterocycles. The molecule has 1 amide bonds. The number of carbonyl (C=O) groups excluding carboxylic acids is 1. The number of likely N-dealkylation sites (tertiary alicyclic amines) is 1. The number of nitrogens with zero attached hydrogens (tertiary/aromatic N) is 1. The van der Waals surface area contributed by atoms with Crippen LogP contribution in [-0.4, -0.2) is 29.9 Å². The standard InChI is InChI=1S/C10H20N2O/c1-7-5-12(6-8(7)2)10(13)4-9(3)11/h7-9H,4-6,11H2,1-3H3. The molecule has 13 heavy (non-hydrogen) atoms. The van der Waals surface area contributed by atoms with E-state index in [9.17, 15) is 4.79 Å². The van der Waals surface area contributed by atoms with Gasteiger partial charge in [0, 0.05) is 25.6 Å². The molecule has 76 valence electrons. The number of amides is 1. The summed E-state index contributed by atoms with van der Waals surface area (Å²) < 4.78 is 0. The zero-order valence-corrected chi connectivity index (χ0v) is 8.79. The predicted molar refractivity (Wildman–Crippen MR) is 53.2 cm³/mol. The Balaban J connectivity index is 2.42. The molecule has 0 spiro atoms. The third kappa shape index (κ3) is 2.69. The molecule has 0 aliphatic carbocycles. The average molecular weight is 184 g/mol. The van der Waals surface area contributed by atoms with Gasteiger partial charge in [-0.05, 0) is 18.8 Å². The Kier molecular flexibility index (Phi) is 3.31. The average Bonchev–Trinajstić information content (AvgIpc) is 2.31. The molecule has 3 heteroatoms. The number of hydrogen-bond acceptors (Lipinski definition) is 2. The fourth-order valence-electron chi connectivity index (χ4n) is 1.74. The van der Waals surface area contributed by atoms with E-state index in [1.165, 1.54) is 0 Å². The van der Waals surface area contributed by atoms with Crippen molar-refractivity contribution in [2.24, 2.45) is 17.6 Å². The van der Waals surface area contributed by atoms with E-state index in [2.05, 4.69) is 13.8 Å². The lowest BCUT2D eigenvalue weighted by Crippen LogP contribution is -2.33. The van der Waals surface area contributed by atoms with Gasteiger partial charge in [-0.15, -0.1) is 0 Å². The maximum absolute atomic E-state index is 11.6. The summed E-state index contributed by atoms with van der Waals surface area (Å²) in [7, 11) is 0. The molecule has 0 bridgehead atoms. The first-order valence-corrected chi connectivity index (χ1v) is 5.04. The van der Waals surface area contributed by atoms with E-state index in [-0.39, 0.29) is 11.9 Å². The zero-order chi connectivity index (χ0) is 10.0. The van der Waals surface area contributed by atoms with E-state index in [4.69, 9.17) is 5.73 Å². The smallest absolute Gasteiger partial charge is 0.224 e. The highest BCUT2D eigenvalue weighted by molar-refractivity contribution is 5.77. The highest BCUT2D eigenvalue weighted by atomic mass is 16.2. The molecule has 1 heterocycles. The van der Waals surface area contributed by atoms with Crippen LogP contribution < -0.4 is 5.73 Å². The minimum atomic E-state index is -0.0151. The summed E-state index contributed by atoms with van der Waals surface area (Å²) in [6.45, 7) is 8.09. The topological polar surface area (TPSA) is 46.3 Å². The summed E-state index contributed by atoms with van der Waals surface area (Å²) in [5, 5.41) is 0. The lowest BCUT2D eigenvalue weighted by Gasteiger charge is -2.17. The molecule has 1 aliphatic rings. The van der Waals surface area contributed by atoms with Crippen molar-refractivity contribution in [3.05, 3.63) is 0 Å². The molecule has 0 radical (unpaired) electrons. The minimum absolute atomic E-state index is 0.0151. The fourth-order valence-corrected chi connectivity index (χ4v) is 1.74. The second-order valence-corrected chi connectivity index (χ2v) is 4.43. The van der Waals surface area contributed by atoms with Crippen LogP contribution >= 0.6 is 0 Å². The van der Waals surface area contributed by atoms with Gasteiger partial charge in [0.25, 0.3) is 0 Å². The molecular weight excluding hydrogens is 164 g/mol. The quantitative estimate of drug-likeness (QED) is 0.691. The molecule has 3 unspecified atom stereocenters. The third-order valence-electron chi connectivity index (χ3n) is 2.84. The lowest BCUT2D eigenvalue weighted by molar-refractivity contribution is -0.130. The summed E-state index contributed by atoms with van der Waals surface area (Å²) in [6, 6.07) is -0.0151. The Morgan fingerprint density at radius 3 is 2.31 bits per heavy atom. The van der Waals surface area contributed by atoms with Gasteiger partial charge >= 0.3 is 0 Å². The van der Waals surface area contributed by atoms with E-state index in [0.717, 1.165) is 13.1 Å². The van der Waals surface area contributed by atoms with Gasteiger partial charge in [0.1, 0.15) is 0 Å². The number of hydrogen-bond donors (Lipinski definition) is 1. The number of carbonyl (C=O) groups is 1. The van der Waals surface area contributed by atoms with Crippen molar-refractivity contribution in [2.45, 2.75) is 33.2 Å². The second kappa shape index (κ2) is 4.09. The number of rotatable bonds is 2. The largest absolute Gasteiger partial charge is 0.342 e. The van der Waals surface area contributed by atoms with Crippen LogP contribution in [0.2, 0.25) is 0 Å². The van der Waals surface area contributed by atoms with Crippen LogP contribution in [0.1, 0.15) is 27.2 Å². The first-order valence-electron chi connectivity index (χ1n) is 5.04. The SMILES string of the molecule is CC(N)CC(=O)N1CC(C)C(C)C1. The summed E-state index contributed by atoms with van der Waals surface area (Å²) in [6.07, 6.45) is 0.486. The van der Waals surface area contributed by atoms with Crippen molar-refractivity contribution in [2.75, 3.05) is 13.1 Å². The van der Waals surface area contributed by atoms with Gasteiger partial charge < -0.3 is 10.6 Å². The number of nitrogens with two attached hydrogens (primary N) is 1. The summed E-state index contributed by atoms with van der Waals surface area (Å²) in [5.41, 5.74) is 5.58. The van der Waals surface area contributed by atoms with Crippen LogP contribution in [0.3, 0.4) is 0 Å². The summed E-state index contributed by atoms with van der Waals surface area (Å²) >= 11 is 0. The minimum Gasteiger partial charge on any atom is -0.342 e. The Morgan fingerprint density at radius 2 is 1.92 bits per heavy atom. The molecule has 3 atom stereocenters. The van der Waals surface area contributed by atoms with Crippen LogP contribution in [0.5, 0.6) is 0 Å². The molecule has 0 aromatic carbocycles. The Bertz CT molecular complexity index is 181. The van der Waals surface area contributed by atoms with Crippen molar-refractivity contribution in [3.63, 3.8) is 0 Å². The van der Waals surface area contributed by atoms with Gasteiger partial charge in [-0.2, -0.15) is 0 Å². The second-order valence-electron chi connectivity index (χ2n) is 4.43. The van der Waals surface area contributed by atoms with E-state index < -0.39 is 0 Å². The van der Waals surface area contributed by atoms with Gasteiger partial charge in [-0.25, -0.2) is 0 Å². The third-order valence-corrected chi connectivity index (χ3v) is 2.84. The van der Waals surface area contributed by atoms with Gasteiger partial charge in [-0.1, -0.05) is 13.8 Å². The van der Waals surface area contributed by atoms with Gasteiger partial charge in [-0.3, -0.25) is 4.79 Å². The van der Waals surface area contributed by atoms with E-state index in [1.807, 2.05) is 11.8 Å². The van der Waals surface area contributed by atoms with Crippen molar-refractivity contribution in [1.29, 1.82) is 0 Å². The molecule has 3 nitrogen and oxygen atoms in total. The molecule has 0 aromatic rings. The Hall–Kier alpha value is -0.570. The van der Waals surface area contributed by atoms with Crippen molar-refractivity contribution in [3.8, 4) is 0 Å². The van der Waals surface area contributed by atoms with Crippen molar-refractivity contribution in [1.82, 2.24) is 4.90 Å². The first kappa shape index (κ1) is 10.5. The zero-order valence-electron chi connectivity index (χ0n) is 8.79. The molecular formula is C10H20N2O. The van der Waals surface area contributed by atoms with Crippen molar-refractivity contribution >= 4 is 5.91 Å². The highest BCUT2D eigenvalue weighted by Crippen LogP contribution is 2.22. The lowest BCUT2D eigenvalue weighted by atomic mass is 10.0. The maximum atomic E-state index is 11.6. The van der Waals surface area contributed by atoms with Gasteiger partial charge in [0.05, 0.1) is 0 Å². The fraction of sp³-hybridized carbons (Fsp3) is 0.900. The molecule has 0 aromatic heterocycles. The molecule has 1 saturated heterocycles. The van der Waals surface area contributed by atoms with E-state index in [0.29, 0.717) is 18.3 Å². The Morgan fingerprint density at radius 1 is 1.46 bits per heavy atom. The predicted octanol–water partition coefficient (Wildman–Crippen LogP) is 0.838. The normalized spacial score (nSPS) is 30.6. The summed E-state index contributed by atoms with van der Waals surface area (Å²) in [5.74, 6) is 1.49. The van der Waals surface area contributed by atoms with Gasteiger partial charge in [0.2, 0.25) is 5.91 Å². The van der Waals surface area contributed by atoms with Gasteiger partial charge in [0.15, 0.2) is 0 Å². The van der Waals surface area contributed by atoms with Crippen LogP contribution in [-0.2, 0) is 4.79 Å². The first-order chi connectivity index (χ1) is 6.00. The summed E-state index contributed by atoms with van der Waals surface area (Å²) in [4.78, 5) is 13.5. The van der Waals surface area contributed by atoms with Crippen LogP contribution in [0.25, 0.3) is 0 Å². The monoisotopic (exact) mass is 184 g/mol. The molecule has 1 fully saturated rings. The van der Waals surface area contributed by atoms with E-state index in [1.54, 1.807) is 0 Å². The van der Waals surface area contributed by atoms with Crippen molar-refractivity contribution < 1.29 is 4.79 Å². The van der Waals surface area contributed by atoms with Crippen LogP contribution in [0.4, 0.5) is 0 Å². The van der Waals surface area contributed by atoms with Crippen LogP contribution in [0.15, 0.2) is 0 Å². The molecule has 0 saturated carbocycles. The Labute approximate surface area is 80.3 Å². The molecule has 1 rings (SSSR count). The van der Waals surface area contributed by atoms with Crippen LogP contribution in [0, 0.1) is 11.8 Å². The van der Waals surface area contributed by atoms with E-state index >= 15 is 0 Å². The maximum Gasteiger partial charge on any atom is 0.224 e. The molecule has 2 N–H and O–H groups in total. The highest BCUT2D eigenvalue weighted by Gasteiger charge is 2.29.